The second kappa shape index (κ2) is 6.40. The molecular formula is C15H24N4OS. The van der Waals surface area contributed by atoms with Crippen LogP contribution in [0.15, 0.2) is 12.3 Å². The van der Waals surface area contributed by atoms with Gasteiger partial charge in [0, 0.05) is 24.0 Å². The van der Waals surface area contributed by atoms with E-state index in [9.17, 15) is 4.79 Å². The van der Waals surface area contributed by atoms with Crippen LogP contribution in [-0.2, 0) is 0 Å². The predicted molar refractivity (Wildman–Crippen MR) is 85.8 cm³/mol. The van der Waals surface area contributed by atoms with E-state index in [1.807, 2.05) is 28.7 Å². The molecule has 3 heterocycles. The van der Waals surface area contributed by atoms with Crippen molar-refractivity contribution in [3.05, 3.63) is 18.0 Å². The lowest BCUT2D eigenvalue weighted by atomic mass is 10.1. The average Bonchev–Trinajstić information content (AvgIpc) is 3.16. The van der Waals surface area contributed by atoms with Crippen molar-refractivity contribution in [2.45, 2.75) is 43.4 Å². The number of hydrogen-bond acceptors (Lipinski definition) is 4. The Balaban J connectivity index is 1.56. The minimum absolute atomic E-state index is 0.0498. The number of piperidine rings is 1. The summed E-state index contributed by atoms with van der Waals surface area (Å²) in [7, 11) is 0. The molecule has 0 radical (unpaired) electrons. The lowest BCUT2D eigenvalue weighted by Gasteiger charge is -2.23. The molecule has 2 aliphatic heterocycles. The first kappa shape index (κ1) is 14.9. The zero-order valence-electron chi connectivity index (χ0n) is 12.6. The van der Waals surface area contributed by atoms with Crippen molar-refractivity contribution in [3.8, 4) is 0 Å². The molecule has 2 aliphatic rings. The predicted octanol–water partition coefficient (Wildman–Crippen LogP) is 1.82. The Kier molecular flexibility index (Phi) is 4.54. The van der Waals surface area contributed by atoms with Crippen LogP contribution in [0.2, 0.25) is 0 Å². The Bertz CT molecular complexity index is 490. The van der Waals surface area contributed by atoms with E-state index in [1.54, 1.807) is 0 Å². The van der Waals surface area contributed by atoms with Crippen molar-refractivity contribution in [2.24, 2.45) is 0 Å². The van der Waals surface area contributed by atoms with Crippen molar-refractivity contribution in [1.82, 2.24) is 20.4 Å². The molecule has 1 aromatic heterocycles. The number of hydrogen-bond donors (Lipinski definition) is 2. The summed E-state index contributed by atoms with van der Waals surface area (Å²) in [5.41, 5.74) is 0.534. The number of rotatable bonds is 4. The SMILES string of the molecule is C[C@@]1(CNC(=O)c2ccn([C@@H]3CCCNC3)n2)CCCS1. The van der Waals surface area contributed by atoms with Crippen LogP contribution in [0, 0.1) is 0 Å². The minimum atomic E-state index is -0.0498. The van der Waals surface area contributed by atoms with E-state index in [2.05, 4.69) is 22.7 Å². The molecular weight excluding hydrogens is 284 g/mol. The molecule has 0 saturated carbocycles. The number of carbonyl (C=O) groups excluding carboxylic acids is 1. The Morgan fingerprint density at radius 1 is 1.62 bits per heavy atom. The second-order valence-corrected chi connectivity index (χ2v) is 7.95. The summed E-state index contributed by atoms with van der Waals surface area (Å²) < 4.78 is 2.14. The highest BCUT2D eigenvalue weighted by molar-refractivity contribution is 8.00. The van der Waals surface area contributed by atoms with E-state index < -0.39 is 0 Å². The Labute approximate surface area is 130 Å². The van der Waals surface area contributed by atoms with Gasteiger partial charge in [0.15, 0.2) is 0 Å². The van der Waals surface area contributed by atoms with Gasteiger partial charge < -0.3 is 10.6 Å². The van der Waals surface area contributed by atoms with Gasteiger partial charge in [0.05, 0.1) is 6.04 Å². The van der Waals surface area contributed by atoms with E-state index >= 15 is 0 Å². The van der Waals surface area contributed by atoms with Gasteiger partial charge in [-0.15, -0.1) is 0 Å². The molecule has 3 rings (SSSR count). The van der Waals surface area contributed by atoms with Crippen LogP contribution in [0.5, 0.6) is 0 Å². The standard InChI is InChI=1S/C15H24N4OS/c1-15(6-3-9-21-15)11-17-14(20)13-5-8-19(18-13)12-4-2-7-16-10-12/h5,8,12,16H,2-4,6-7,9-11H2,1H3,(H,17,20)/t12-,15+/m1/s1. The maximum absolute atomic E-state index is 12.2. The van der Waals surface area contributed by atoms with Crippen molar-refractivity contribution in [1.29, 1.82) is 0 Å². The van der Waals surface area contributed by atoms with Crippen molar-refractivity contribution >= 4 is 17.7 Å². The van der Waals surface area contributed by atoms with Gasteiger partial charge in [-0.05, 0) is 51.0 Å². The summed E-state index contributed by atoms with van der Waals surface area (Å²) in [4.78, 5) is 12.2. The van der Waals surface area contributed by atoms with Gasteiger partial charge in [-0.1, -0.05) is 0 Å². The number of nitrogens with zero attached hydrogens (tertiary/aromatic N) is 2. The van der Waals surface area contributed by atoms with Crippen molar-refractivity contribution in [3.63, 3.8) is 0 Å². The monoisotopic (exact) mass is 308 g/mol. The minimum Gasteiger partial charge on any atom is -0.349 e. The van der Waals surface area contributed by atoms with E-state index in [0.29, 0.717) is 11.7 Å². The number of aromatic nitrogens is 2. The zero-order chi connectivity index (χ0) is 14.7. The molecule has 0 unspecified atom stereocenters. The first-order valence-corrected chi connectivity index (χ1v) is 8.83. The molecule has 6 heteroatoms. The first-order chi connectivity index (χ1) is 10.2. The molecule has 2 saturated heterocycles. The van der Waals surface area contributed by atoms with Gasteiger partial charge in [-0.2, -0.15) is 16.9 Å². The molecule has 21 heavy (non-hydrogen) atoms. The van der Waals surface area contributed by atoms with Gasteiger partial charge in [0.25, 0.3) is 5.91 Å². The fourth-order valence-corrected chi connectivity index (χ4v) is 4.30. The number of amides is 1. The summed E-state index contributed by atoms with van der Waals surface area (Å²) in [5.74, 6) is 1.15. The average molecular weight is 308 g/mol. The summed E-state index contributed by atoms with van der Waals surface area (Å²) >= 11 is 1.96. The topological polar surface area (TPSA) is 59.0 Å². The second-order valence-electron chi connectivity index (χ2n) is 6.27. The molecule has 0 bridgehead atoms. The van der Waals surface area contributed by atoms with Crippen LogP contribution in [0.3, 0.4) is 0 Å². The third-order valence-corrected chi connectivity index (χ3v) is 5.95. The highest BCUT2D eigenvalue weighted by Gasteiger charge is 2.30. The number of thioether (sulfide) groups is 1. The first-order valence-electron chi connectivity index (χ1n) is 7.84. The normalized spacial score (nSPS) is 29.5. The van der Waals surface area contributed by atoms with Gasteiger partial charge in [-0.3, -0.25) is 9.48 Å². The number of nitrogens with one attached hydrogen (secondary N) is 2. The molecule has 2 fully saturated rings. The van der Waals surface area contributed by atoms with Gasteiger partial charge in [0.2, 0.25) is 0 Å². The van der Waals surface area contributed by atoms with Crippen LogP contribution >= 0.6 is 11.8 Å². The van der Waals surface area contributed by atoms with E-state index in [0.717, 1.165) is 26.1 Å². The summed E-state index contributed by atoms with van der Waals surface area (Å²) in [6.45, 7) is 4.99. The van der Waals surface area contributed by atoms with Crippen LogP contribution in [0.25, 0.3) is 0 Å². The van der Waals surface area contributed by atoms with Crippen LogP contribution < -0.4 is 10.6 Å². The van der Waals surface area contributed by atoms with Crippen molar-refractivity contribution < 1.29 is 4.79 Å². The molecule has 2 atom stereocenters. The smallest absolute Gasteiger partial charge is 0.271 e. The third-order valence-electron chi connectivity index (χ3n) is 4.41. The van der Waals surface area contributed by atoms with Crippen LogP contribution in [-0.4, -0.2) is 45.8 Å². The van der Waals surface area contributed by atoms with E-state index in [1.165, 1.54) is 25.0 Å². The fourth-order valence-electron chi connectivity index (χ4n) is 3.06. The molecule has 0 spiro atoms. The molecule has 116 valence electrons. The number of carbonyl (C=O) groups is 1. The zero-order valence-corrected chi connectivity index (χ0v) is 13.4. The molecule has 2 N–H and O–H groups in total. The Morgan fingerprint density at radius 3 is 3.24 bits per heavy atom. The highest BCUT2D eigenvalue weighted by Crippen LogP contribution is 2.36. The van der Waals surface area contributed by atoms with Crippen LogP contribution in [0.1, 0.15) is 49.1 Å². The summed E-state index contributed by atoms with van der Waals surface area (Å²) in [6, 6.07) is 2.21. The van der Waals surface area contributed by atoms with Gasteiger partial charge in [-0.25, -0.2) is 0 Å². The van der Waals surface area contributed by atoms with Gasteiger partial charge >= 0.3 is 0 Å². The summed E-state index contributed by atoms with van der Waals surface area (Å²) in [6.07, 6.45) is 6.66. The lowest BCUT2D eigenvalue weighted by Crippen LogP contribution is -2.37. The highest BCUT2D eigenvalue weighted by atomic mass is 32.2. The Morgan fingerprint density at radius 2 is 2.52 bits per heavy atom. The fraction of sp³-hybridized carbons (Fsp3) is 0.733. The van der Waals surface area contributed by atoms with E-state index in [-0.39, 0.29) is 10.7 Å². The largest absolute Gasteiger partial charge is 0.349 e. The molecule has 1 aromatic rings. The molecule has 0 aromatic carbocycles. The van der Waals surface area contributed by atoms with E-state index in [4.69, 9.17) is 0 Å². The van der Waals surface area contributed by atoms with Crippen LogP contribution in [0.4, 0.5) is 0 Å². The third kappa shape index (κ3) is 3.61. The maximum Gasteiger partial charge on any atom is 0.271 e. The van der Waals surface area contributed by atoms with Gasteiger partial charge in [0.1, 0.15) is 5.69 Å². The Hall–Kier alpha value is -1.01. The quantitative estimate of drug-likeness (QED) is 0.891. The lowest BCUT2D eigenvalue weighted by molar-refractivity contribution is 0.0943. The molecule has 0 aliphatic carbocycles. The summed E-state index contributed by atoms with van der Waals surface area (Å²) in [5, 5.41) is 10.9. The maximum atomic E-state index is 12.2. The molecule has 5 nitrogen and oxygen atoms in total. The van der Waals surface area contributed by atoms with Crippen molar-refractivity contribution in [2.75, 3.05) is 25.4 Å². The molecule has 1 amide bonds.